The summed E-state index contributed by atoms with van der Waals surface area (Å²) in [5, 5.41) is -7.33. The zero-order chi connectivity index (χ0) is 108. The number of imidazole rings is 1. The van der Waals surface area contributed by atoms with Gasteiger partial charge in [-0.3, -0.25) is 4.57 Å². The predicted molar refractivity (Wildman–Crippen MR) is 460 cm³/mol. The first-order chi connectivity index (χ1) is 68.7. The van der Waals surface area contributed by atoms with Crippen LogP contribution in [0, 0.1) is 18.5 Å². The average molecular weight is 1670 g/mol. The second kappa shape index (κ2) is 29.4. The largest absolute Gasteiger partial charge is 0.510 e. The Hall–Kier alpha value is -11.6. The quantitative estimate of drug-likeness (QED) is 0.0418. The van der Waals surface area contributed by atoms with Gasteiger partial charge in [0, 0.05) is 44.3 Å². The number of rotatable bonds is 16. The van der Waals surface area contributed by atoms with Crippen LogP contribution in [0.15, 0.2) is 357 Å². The first kappa shape index (κ1) is 40.7. The maximum atomic E-state index is 11.4. The maximum absolute atomic E-state index is 11.4. The van der Waals surface area contributed by atoms with E-state index >= 15 is 0 Å². The SMILES string of the molecule is [2H]c1c([2H])c([2H])c([Si](c2c([2H])c([2H])c([2H])c([2H])c2[2H])(c2c([2H])c([2H])c([2H])c([2H])c2[2H])c2c([2H])c([2H])c([2H])c(-c3ccc4c(c3)n(-c3[c-]c(Oc5[c-]c6c(cc5)c5ccccc5n6-c5cc(C(C)(C)C)ccn5)ccc3)[c-][n+]4-c3c(-c4cc(C(C)(C)C)cc(C(C)(C)C)c4)cccc3-c3c([2H])c([2H])c([2H])c([Si](c4c([2H])c([2H])c([2H])c([2H])c4[2H])(c4c([2H])c([2H])c([2H])c([2H])c4[2H])c4c([2H])c([2H])c([2H])c([2H])c4[2H])c3[2H])c2[2H])c([2H])c1[2H].[Pt]. The Labute approximate surface area is 717 Å². The number of benzene rings is 14. The van der Waals surface area contributed by atoms with Crippen LogP contribution in [-0.4, -0.2) is 30.3 Å². The number of fused-ring (bicyclic) bond motifs is 4. The molecule has 0 amide bonds. The van der Waals surface area contributed by atoms with Crippen LogP contribution in [-0.2, 0) is 37.3 Å². The number of nitrogens with zero attached hydrogens (tertiary/aromatic N) is 4. The van der Waals surface area contributed by atoms with Crippen molar-refractivity contribution in [2.75, 3.05) is 0 Å². The minimum absolute atomic E-state index is 0. The molecule has 110 heavy (non-hydrogen) atoms. The van der Waals surface area contributed by atoms with Crippen LogP contribution in [0.2, 0.25) is 0 Å². The molecule has 0 N–H and O–H groups in total. The molecule has 5 nitrogen and oxygen atoms in total. The molecule has 0 saturated heterocycles. The normalized spacial score (nSPS) is 17.0. The van der Waals surface area contributed by atoms with Crippen molar-refractivity contribution in [2.45, 2.75) is 78.6 Å². The number of pyridine rings is 1. The summed E-state index contributed by atoms with van der Waals surface area (Å²) in [5.41, 5.74) is -0.176. The van der Waals surface area contributed by atoms with Crippen LogP contribution in [0.3, 0.4) is 0 Å². The van der Waals surface area contributed by atoms with Gasteiger partial charge >= 0.3 is 0 Å². The zero-order valence-electron chi connectivity index (χ0n) is 98.6. The monoisotopic (exact) mass is 1670 g/mol. The van der Waals surface area contributed by atoms with Crippen LogP contribution in [0.5, 0.6) is 11.5 Å². The van der Waals surface area contributed by atoms with E-state index in [1.807, 2.05) is 107 Å². The van der Waals surface area contributed by atoms with Crippen LogP contribution in [0.25, 0.3) is 83.4 Å². The second-order valence-corrected chi connectivity index (χ2v) is 36.1. The van der Waals surface area contributed by atoms with Crippen molar-refractivity contribution < 1.29 is 82.5 Å². The molecule has 0 spiro atoms. The van der Waals surface area contributed by atoms with E-state index < -0.39 is 309 Å². The van der Waals surface area contributed by atoms with Gasteiger partial charge in [0.05, 0.1) is 68.8 Å². The summed E-state index contributed by atoms with van der Waals surface area (Å²) in [6.07, 6.45) is 5.19. The van der Waals surface area contributed by atoms with E-state index in [0.29, 0.717) is 28.0 Å². The molecular formula is C102H86N4OPtSi2-2. The van der Waals surface area contributed by atoms with Gasteiger partial charge in [0.25, 0.3) is 6.33 Å². The van der Waals surface area contributed by atoms with E-state index in [0.717, 1.165) is 21.9 Å². The molecule has 0 aliphatic rings. The van der Waals surface area contributed by atoms with Crippen molar-refractivity contribution >= 4 is 90.5 Å². The third-order valence-corrected chi connectivity index (χ3v) is 27.3. The molecule has 3 heterocycles. The molecular weight excluding hydrogens is 1550 g/mol. The van der Waals surface area contributed by atoms with Gasteiger partial charge in [0.15, 0.2) is 16.1 Å². The summed E-state index contributed by atoms with van der Waals surface area (Å²) in [6.45, 7) is 17.9. The van der Waals surface area contributed by atoms with Gasteiger partial charge in [-0.1, -0.05) is 364 Å². The standard InChI is InChI=1S/C102H86N4OSi2.Pt/c1-100(2,3)76-60-61-103-98(68-76)106-94-55-29-28-52-92(94)93-58-57-81(70-96(93)106)107-80-37-32-36-79(69-80)104-71-105(95-59-56-73(66-97(95)104)72-34-30-50-88(64-72)108(82-38-16-10-17-39-82,83-40-18-11-19-41-83)84-42-20-12-21-43-84)99-90(53-33-54-91(99)75-62-77(101(4,5)6)67-78(63-75)102(7,8)9)74-35-31-51-89(65-74)109(85-44-22-13-23-45-85,86-46-24-14-25-47-86)87-48-26-15-27-49-87;/h10-68H,1-9H3;/q-2;/i10D,11D,12D,13D,14D,15D,16D,17D,18D,19D,20D,21D,22D,23D,24D,25D,26D,27D,30D,31D,34D,35D,38D,39D,40D,41D,42D,43D,44D,45D,46D,47D,48D,49D,50D,51D,64D,65D;. The van der Waals surface area contributed by atoms with Crippen molar-refractivity contribution in [2.24, 2.45) is 0 Å². The van der Waals surface area contributed by atoms with Gasteiger partial charge in [0.1, 0.15) is 5.82 Å². The number of hydrogen-bond acceptors (Lipinski definition) is 2. The summed E-state index contributed by atoms with van der Waals surface area (Å²) < 4.78 is 382. The van der Waals surface area contributed by atoms with E-state index in [9.17, 15) is 43.9 Å². The summed E-state index contributed by atoms with van der Waals surface area (Å²) in [7, 11) is -13.1. The topological polar surface area (TPSA) is 35.9 Å². The predicted octanol–water partition coefficient (Wildman–Crippen LogP) is 19.2. The van der Waals surface area contributed by atoms with Crippen LogP contribution >= 0.6 is 0 Å². The summed E-state index contributed by atoms with van der Waals surface area (Å²) in [4.78, 5) is 4.85. The molecule has 17 aromatic rings. The molecule has 0 atom stereocenters. The van der Waals surface area contributed by atoms with Gasteiger partial charge in [-0.25, -0.2) is 4.98 Å². The fourth-order valence-electron chi connectivity index (χ4n) is 13.9. The van der Waals surface area contributed by atoms with Crippen LogP contribution < -0.4 is 50.8 Å². The molecule has 0 aliphatic heterocycles. The van der Waals surface area contributed by atoms with Crippen molar-refractivity contribution in [1.82, 2.24) is 14.1 Å². The van der Waals surface area contributed by atoms with Gasteiger partial charge in [0.2, 0.25) is 0 Å². The Morgan fingerprint density at radius 3 is 1.38 bits per heavy atom. The molecule has 540 valence electrons. The van der Waals surface area contributed by atoms with Crippen LogP contribution in [0.1, 0.15) is 131 Å². The molecule has 14 aromatic carbocycles. The minimum atomic E-state index is -6.59. The first-order valence-electron chi connectivity index (χ1n) is 53.8. The Bertz CT molecular complexity index is 8120. The fourth-order valence-corrected chi connectivity index (χ4v) is 21.0. The molecule has 8 heteroatoms. The van der Waals surface area contributed by atoms with Gasteiger partial charge in [-0.05, 0) is 143 Å². The molecule has 0 radical (unpaired) electrons. The Morgan fingerprint density at radius 1 is 0.382 bits per heavy atom. The smallest absolute Gasteiger partial charge is 0.268 e. The minimum Gasteiger partial charge on any atom is -0.510 e. The molecule has 0 unspecified atom stereocenters. The molecule has 0 aliphatic carbocycles. The van der Waals surface area contributed by atoms with Gasteiger partial charge in [-0.2, -0.15) is 18.2 Å². The van der Waals surface area contributed by atoms with E-state index in [2.05, 4.69) is 39.2 Å². The Morgan fingerprint density at radius 2 is 0.855 bits per heavy atom. The summed E-state index contributed by atoms with van der Waals surface area (Å²) >= 11 is 0. The molecule has 0 bridgehead atoms. The van der Waals surface area contributed by atoms with E-state index in [4.69, 9.17) is 17.9 Å². The molecule has 3 aromatic heterocycles. The Kier molecular flexibility index (Phi) is 10.9. The molecule has 17 rings (SSSR count). The van der Waals surface area contributed by atoms with E-state index in [1.54, 1.807) is 30.5 Å². The number of aromatic nitrogens is 4. The van der Waals surface area contributed by atoms with Gasteiger partial charge in [-0.15, -0.1) is 29.7 Å². The Balaban J connectivity index is 0.0000156. The average Bonchev–Trinajstić information content (AvgIpc) is 0.793. The summed E-state index contributed by atoms with van der Waals surface area (Å²) in [5.74, 6) is 0.639. The second-order valence-electron chi connectivity index (χ2n) is 29.1. The first-order valence-corrected chi connectivity index (χ1v) is 38.8. The van der Waals surface area contributed by atoms with Crippen molar-refractivity contribution in [3.63, 3.8) is 0 Å². The number of para-hydroxylation sites is 2. The maximum Gasteiger partial charge on any atom is 0.268 e. The fraction of sp³-hybridized carbons (Fsp3) is 0.118. The third-order valence-electron chi connectivity index (χ3n) is 19.3. The van der Waals surface area contributed by atoms with E-state index in [-0.39, 0.29) is 77.1 Å². The van der Waals surface area contributed by atoms with Crippen LogP contribution in [0.4, 0.5) is 0 Å². The van der Waals surface area contributed by atoms with Gasteiger partial charge < -0.3 is 13.9 Å². The number of ether oxygens (including phenoxy) is 1. The van der Waals surface area contributed by atoms with Crippen molar-refractivity contribution in [1.29, 1.82) is 0 Å². The molecule has 0 saturated carbocycles. The molecule has 0 fully saturated rings. The number of hydrogen-bond donors (Lipinski definition) is 0. The zero-order valence-corrected chi connectivity index (χ0v) is 64.9. The third kappa shape index (κ3) is 13.2. The van der Waals surface area contributed by atoms with E-state index in [1.165, 1.54) is 45.5 Å². The summed E-state index contributed by atoms with van der Waals surface area (Å²) in [6, 6.07) is -4.77. The van der Waals surface area contributed by atoms with Crippen molar-refractivity contribution in [3.8, 4) is 62.1 Å². The van der Waals surface area contributed by atoms with Crippen molar-refractivity contribution in [3.05, 3.63) is 392 Å².